The van der Waals surface area contributed by atoms with Crippen molar-refractivity contribution in [1.82, 2.24) is 0 Å². The number of esters is 2. The third-order valence-corrected chi connectivity index (χ3v) is 3.55. The minimum atomic E-state index is -0.517. The second-order valence-electron chi connectivity index (χ2n) is 3.75. The fraction of sp³-hybridized carbons (Fsp3) is 0.818. The minimum Gasteiger partial charge on any atom is -0.463 e. The molecule has 0 aromatic heterocycles. The van der Waals surface area contributed by atoms with Gasteiger partial charge in [-0.15, -0.1) is 0 Å². The summed E-state index contributed by atoms with van der Waals surface area (Å²) in [5.41, 5.74) is 0. The molecule has 1 aliphatic rings. The van der Waals surface area contributed by atoms with Crippen LogP contribution in [0.2, 0.25) is 0 Å². The Morgan fingerprint density at radius 2 is 2.06 bits per heavy atom. The average molecular weight is 262 g/mol. The molecule has 98 valence electrons. The second-order valence-corrected chi connectivity index (χ2v) is 5.26. The van der Waals surface area contributed by atoms with Crippen molar-refractivity contribution in [2.24, 2.45) is 0 Å². The molecule has 0 aliphatic carbocycles. The van der Waals surface area contributed by atoms with Crippen LogP contribution >= 0.6 is 11.8 Å². The van der Waals surface area contributed by atoms with Crippen LogP contribution in [0.5, 0.6) is 0 Å². The SMILES string of the molecule is CCS[C@H]1CC(OC(C)=O)O[C@@H]1COC(C)=O. The summed E-state index contributed by atoms with van der Waals surface area (Å²) >= 11 is 1.72. The summed E-state index contributed by atoms with van der Waals surface area (Å²) in [4.78, 5) is 21.6. The van der Waals surface area contributed by atoms with Crippen LogP contribution in [0.25, 0.3) is 0 Å². The molecule has 1 rings (SSSR count). The number of ether oxygens (including phenoxy) is 3. The molecule has 0 aromatic carbocycles. The van der Waals surface area contributed by atoms with Gasteiger partial charge in [-0.05, 0) is 5.75 Å². The normalized spacial score (nSPS) is 27.8. The van der Waals surface area contributed by atoms with E-state index < -0.39 is 6.29 Å². The Bertz CT molecular complexity index is 281. The molecule has 17 heavy (non-hydrogen) atoms. The predicted octanol–water partition coefficient (Wildman–Crippen LogP) is 1.35. The number of rotatable bonds is 5. The van der Waals surface area contributed by atoms with Crippen molar-refractivity contribution in [2.45, 2.75) is 44.8 Å². The van der Waals surface area contributed by atoms with Gasteiger partial charge in [-0.1, -0.05) is 6.92 Å². The smallest absolute Gasteiger partial charge is 0.304 e. The lowest BCUT2D eigenvalue weighted by Crippen LogP contribution is -2.26. The number of carbonyl (C=O) groups excluding carboxylic acids is 2. The molecule has 1 heterocycles. The van der Waals surface area contributed by atoms with Gasteiger partial charge < -0.3 is 14.2 Å². The number of carbonyl (C=O) groups is 2. The van der Waals surface area contributed by atoms with Gasteiger partial charge in [0, 0.05) is 25.5 Å². The summed E-state index contributed by atoms with van der Waals surface area (Å²) in [5.74, 6) is 0.255. The van der Waals surface area contributed by atoms with Crippen molar-refractivity contribution >= 4 is 23.7 Å². The van der Waals surface area contributed by atoms with Crippen LogP contribution in [0.1, 0.15) is 27.2 Å². The van der Waals surface area contributed by atoms with Crippen molar-refractivity contribution in [2.75, 3.05) is 12.4 Å². The fourth-order valence-electron chi connectivity index (χ4n) is 1.68. The molecule has 0 aromatic rings. The van der Waals surface area contributed by atoms with Gasteiger partial charge in [-0.25, -0.2) is 0 Å². The minimum absolute atomic E-state index is 0.198. The lowest BCUT2D eigenvalue weighted by Gasteiger charge is -2.16. The Kier molecular flexibility index (Phi) is 5.77. The molecular weight excluding hydrogens is 244 g/mol. The predicted molar refractivity (Wildman–Crippen MR) is 63.6 cm³/mol. The van der Waals surface area contributed by atoms with Crippen molar-refractivity contribution in [1.29, 1.82) is 0 Å². The van der Waals surface area contributed by atoms with E-state index in [0.29, 0.717) is 6.42 Å². The van der Waals surface area contributed by atoms with Gasteiger partial charge in [-0.2, -0.15) is 11.8 Å². The third kappa shape index (κ3) is 4.95. The molecule has 0 saturated carbocycles. The van der Waals surface area contributed by atoms with Gasteiger partial charge in [0.25, 0.3) is 0 Å². The third-order valence-electron chi connectivity index (χ3n) is 2.30. The summed E-state index contributed by atoms with van der Waals surface area (Å²) in [6.07, 6.45) is -0.0744. The van der Waals surface area contributed by atoms with Crippen LogP contribution in [-0.2, 0) is 23.8 Å². The lowest BCUT2D eigenvalue weighted by molar-refractivity contribution is -0.177. The average Bonchev–Trinajstić information content (AvgIpc) is 2.57. The fourth-order valence-corrected chi connectivity index (χ4v) is 2.75. The zero-order chi connectivity index (χ0) is 12.8. The molecule has 0 N–H and O–H groups in total. The molecule has 1 fully saturated rings. The summed E-state index contributed by atoms with van der Waals surface area (Å²) in [5, 5.41) is 0.198. The van der Waals surface area contributed by atoms with E-state index in [-0.39, 0.29) is 29.9 Å². The van der Waals surface area contributed by atoms with Gasteiger partial charge in [0.15, 0.2) is 0 Å². The quantitative estimate of drug-likeness (QED) is 0.697. The van der Waals surface area contributed by atoms with Crippen molar-refractivity contribution in [3.63, 3.8) is 0 Å². The van der Waals surface area contributed by atoms with E-state index in [1.165, 1.54) is 13.8 Å². The van der Waals surface area contributed by atoms with E-state index in [4.69, 9.17) is 14.2 Å². The summed E-state index contributed by atoms with van der Waals surface area (Å²) in [6.45, 7) is 4.97. The van der Waals surface area contributed by atoms with E-state index in [1.807, 2.05) is 6.92 Å². The molecule has 0 amide bonds. The Balaban J connectivity index is 2.47. The molecule has 1 saturated heterocycles. The van der Waals surface area contributed by atoms with Gasteiger partial charge in [0.05, 0.1) is 0 Å². The Morgan fingerprint density at radius 1 is 1.35 bits per heavy atom. The highest BCUT2D eigenvalue weighted by molar-refractivity contribution is 7.99. The van der Waals surface area contributed by atoms with Gasteiger partial charge in [0.1, 0.15) is 12.7 Å². The Labute approximate surface area is 105 Å². The Morgan fingerprint density at radius 3 is 2.59 bits per heavy atom. The second kappa shape index (κ2) is 6.86. The molecule has 6 heteroatoms. The standard InChI is InChI=1S/C11H18O5S/c1-4-17-10-5-11(15-8(3)13)16-9(10)6-14-7(2)12/h9-11H,4-6H2,1-3H3/t9-,10+,11?/m1/s1. The first-order valence-electron chi connectivity index (χ1n) is 5.60. The first-order valence-corrected chi connectivity index (χ1v) is 6.65. The van der Waals surface area contributed by atoms with Crippen LogP contribution in [-0.4, -0.2) is 41.9 Å². The van der Waals surface area contributed by atoms with E-state index >= 15 is 0 Å². The topological polar surface area (TPSA) is 61.8 Å². The number of hydrogen-bond donors (Lipinski definition) is 0. The van der Waals surface area contributed by atoms with Gasteiger partial charge >= 0.3 is 11.9 Å². The van der Waals surface area contributed by atoms with Crippen molar-refractivity contribution in [3.8, 4) is 0 Å². The number of thioether (sulfide) groups is 1. The van der Waals surface area contributed by atoms with Crippen LogP contribution in [0.3, 0.4) is 0 Å². The van der Waals surface area contributed by atoms with E-state index in [0.717, 1.165) is 5.75 Å². The summed E-state index contributed by atoms with van der Waals surface area (Å²) < 4.78 is 15.5. The highest BCUT2D eigenvalue weighted by Gasteiger charge is 2.37. The van der Waals surface area contributed by atoms with Gasteiger partial charge in [0.2, 0.25) is 6.29 Å². The largest absolute Gasteiger partial charge is 0.463 e. The lowest BCUT2D eigenvalue weighted by atomic mass is 10.2. The summed E-state index contributed by atoms with van der Waals surface area (Å²) in [7, 11) is 0. The Hall–Kier alpha value is -0.750. The molecule has 0 spiro atoms. The van der Waals surface area contributed by atoms with Crippen LogP contribution in [0.4, 0.5) is 0 Å². The molecule has 5 nitrogen and oxygen atoms in total. The van der Waals surface area contributed by atoms with Crippen molar-refractivity contribution < 1.29 is 23.8 Å². The highest BCUT2D eigenvalue weighted by atomic mass is 32.2. The molecule has 1 aliphatic heterocycles. The molecule has 1 unspecified atom stereocenters. The highest BCUT2D eigenvalue weighted by Crippen LogP contribution is 2.31. The molecule has 0 bridgehead atoms. The first kappa shape index (κ1) is 14.3. The first-order chi connectivity index (χ1) is 8.02. The van der Waals surface area contributed by atoms with Crippen LogP contribution < -0.4 is 0 Å². The number of hydrogen-bond acceptors (Lipinski definition) is 6. The van der Waals surface area contributed by atoms with E-state index in [9.17, 15) is 9.59 Å². The molecular formula is C11H18O5S. The zero-order valence-electron chi connectivity index (χ0n) is 10.3. The summed E-state index contributed by atoms with van der Waals surface area (Å²) in [6, 6.07) is 0. The zero-order valence-corrected chi connectivity index (χ0v) is 11.1. The van der Waals surface area contributed by atoms with Gasteiger partial charge in [-0.3, -0.25) is 9.59 Å². The van der Waals surface area contributed by atoms with Crippen LogP contribution in [0.15, 0.2) is 0 Å². The maximum Gasteiger partial charge on any atom is 0.304 e. The van der Waals surface area contributed by atoms with E-state index in [1.54, 1.807) is 11.8 Å². The monoisotopic (exact) mass is 262 g/mol. The molecule has 0 radical (unpaired) electrons. The maximum absolute atomic E-state index is 10.8. The van der Waals surface area contributed by atoms with E-state index in [2.05, 4.69) is 0 Å². The maximum atomic E-state index is 10.8. The van der Waals surface area contributed by atoms with Crippen molar-refractivity contribution in [3.05, 3.63) is 0 Å². The molecule has 3 atom stereocenters. The van der Waals surface area contributed by atoms with Crippen LogP contribution in [0, 0.1) is 0 Å².